The third kappa shape index (κ3) is 4.67. The minimum Gasteiger partial charge on any atom is -0.495 e. The fourth-order valence-electron chi connectivity index (χ4n) is 4.57. The van der Waals surface area contributed by atoms with Crippen LogP contribution in [0.2, 0.25) is 0 Å². The molecule has 1 heterocycles. The fourth-order valence-corrected chi connectivity index (χ4v) is 4.57. The number of anilines is 1. The zero-order valence-corrected chi connectivity index (χ0v) is 16.8. The summed E-state index contributed by atoms with van der Waals surface area (Å²) in [4.78, 5) is 18.8. The van der Waals surface area contributed by atoms with E-state index in [1.807, 2.05) is 17.0 Å². The number of rotatable bonds is 6. The number of nitrogens with two attached hydrogens (primary N) is 1. The highest BCUT2D eigenvalue weighted by Crippen LogP contribution is 2.33. The summed E-state index contributed by atoms with van der Waals surface area (Å²) in [5, 5.41) is 0. The first-order chi connectivity index (χ1) is 13.0. The second kappa shape index (κ2) is 8.83. The largest absolute Gasteiger partial charge is 0.495 e. The second-order valence-electron chi connectivity index (χ2n) is 8.05. The number of carbonyl (C=O) groups is 1. The van der Waals surface area contributed by atoms with Crippen molar-refractivity contribution in [3.05, 3.63) is 24.3 Å². The van der Waals surface area contributed by atoms with Gasteiger partial charge in [-0.05, 0) is 31.9 Å². The molecule has 0 aromatic heterocycles. The monoisotopic (exact) mass is 374 g/mol. The van der Waals surface area contributed by atoms with Crippen molar-refractivity contribution in [2.45, 2.75) is 44.6 Å². The highest BCUT2D eigenvalue weighted by Gasteiger charge is 2.35. The molecule has 1 saturated carbocycles. The summed E-state index contributed by atoms with van der Waals surface area (Å²) < 4.78 is 5.50. The van der Waals surface area contributed by atoms with Crippen molar-refractivity contribution in [3.63, 3.8) is 0 Å². The number of carbonyl (C=O) groups excluding carboxylic acids is 1. The molecule has 1 aliphatic heterocycles. The zero-order valence-electron chi connectivity index (χ0n) is 16.8. The molecule has 0 unspecified atom stereocenters. The summed E-state index contributed by atoms with van der Waals surface area (Å²) in [6.07, 6.45) is 5.79. The lowest BCUT2D eigenvalue weighted by Gasteiger charge is -2.44. The van der Waals surface area contributed by atoms with Gasteiger partial charge in [-0.25, -0.2) is 4.79 Å². The molecule has 2 amide bonds. The molecule has 1 aromatic rings. The van der Waals surface area contributed by atoms with Crippen LogP contribution in [0, 0.1) is 0 Å². The van der Waals surface area contributed by atoms with Gasteiger partial charge in [-0.2, -0.15) is 0 Å². The van der Waals surface area contributed by atoms with Gasteiger partial charge in [-0.3, -0.25) is 4.90 Å². The van der Waals surface area contributed by atoms with E-state index in [4.69, 9.17) is 10.5 Å². The van der Waals surface area contributed by atoms with Crippen LogP contribution in [0.5, 0.6) is 5.75 Å². The first kappa shape index (κ1) is 19.8. The number of benzene rings is 1. The normalized spacial score (nSPS) is 20.3. The van der Waals surface area contributed by atoms with Gasteiger partial charge in [0.1, 0.15) is 5.75 Å². The summed E-state index contributed by atoms with van der Waals surface area (Å²) in [7, 11) is 1.72. The minimum atomic E-state index is -0.271. The number of primary amides is 1. The summed E-state index contributed by atoms with van der Waals surface area (Å²) in [6, 6.07) is 7.92. The predicted molar refractivity (Wildman–Crippen MR) is 109 cm³/mol. The molecule has 0 radical (unpaired) electrons. The molecule has 2 aliphatic rings. The van der Waals surface area contributed by atoms with Gasteiger partial charge >= 0.3 is 6.03 Å². The number of amides is 2. The molecule has 0 bridgehead atoms. The fraction of sp³-hybridized carbons (Fsp3) is 0.667. The third-order valence-corrected chi connectivity index (χ3v) is 6.29. The average Bonchev–Trinajstić information content (AvgIpc) is 2.69. The summed E-state index contributed by atoms with van der Waals surface area (Å²) >= 11 is 0. The Balaban J connectivity index is 1.53. The molecular weight excluding hydrogens is 340 g/mol. The molecule has 6 nitrogen and oxygen atoms in total. The van der Waals surface area contributed by atoms with Crippen LogP contribution in [-0.2, 0) is 0 Å². The highest BCUT2D eigenvalue weighted by atomic mass is 16.5. The highest BCUT2D eigenvalue weighted by molar-refractivity contribution is 5.73. The van der Waals surface area contributed by atoms with Crippen LogP contribution in [0.3, 0.4) is 0 Å². The number of para-hydroxylation sites is 2. The van der Waals surface area contributed by atoms with E-state index in [0.717, 1.165) is 63.5 Å². The van der Waals surface area contributed by atoms with Gasteiger partial charge in [0.15, 0.2) is 0 Å². The van der Waals surface area contributed by atoms with E-state index in [1.165, 1.54) is 19.3 Å². The average molecular weight is 375 g/mol. The standard InChI is InChI=1S/C21H34N4O2/c1-21(10-6-3-7-11-21)25(20(22)26)17-14-23-12-15-24(16-13-23)18-8-4-5-9-19(18)27-2/h4-5,8-9H,3,6-7,10-17H2,1-2H3,(H2,22,26). The Hall–Kier alpha value is -1.95. The lowest BCUT2D eigenvalue weighted by molar-refractivity contribution is 0.0854. The van der Waals surface area contributed by atoms with Crippen LogP contribution in [0.1, 0.15) is 39.0 Å². The van der Waals surface area contributed by atoms with E-state index in [2.05, 4.69) is 28.9 Å². The van der Waals surface area contributed by atoms with Crippen LogP contribution in [0.4, 0.5) is 10.5 Å². The van der Waals surface area contributed by atoms with Crippen LogP contribution in [-0.4, -0.2) is 67.7 Å². The number of urea groups is 1. The molecule has 150 valence electrons. The van der Waals surface area contributed by atoms with Crippen LogP contribution < -0.4 is 15.4 Å². The molecule has 1 saturated heterocycles. The van der Waals surface area contributed by atoms with Crippen molar-refractivity contribution in [3.8, 4) is 5.75 Å². The molecular formula is C21H34N4O2. The smallest absolute Gasteiger partial charge is 0.315 e. The zero-order chi connectivity index (χ0) is 19.3. The van der Waals surface area contributed by atoms with E-state index in [-0.39, 0.29) is 11.6 Å². The maximum absolute atomic E-state index is 12.1. The molecule has 6 heteroatoms. The maximum Gasteiger partial charge on any atom is 0.315 e. The van der Waals surface area contributed by atoms with E-state index < -0.39 is 0 Å². The van der Waals surface area contributed by atoms with E-state index in [0.29, 0.717) is 0 Å². The Morgan fingerprint density at radius 1 is 1.15 bits per heavy atom. The molecule has 0 atom stereocenters. The SMILES string of the molecule is COc1ccccc1N1CCN(CCN(C(N)=O)C2(C)CCCCC2)CC1. The minimum absolute atomic E-state index is 0.0662. The van der Waals surface area contributed by atoms with Gasteiger partial charge in [0.2, 0.25) is 0 Å². The topological polar surface area (TPSA) is 62.0 Å². The molecule has 2 fully saturated rings. The van der Waals surface area contributed by atoms with Crippen LogP contribution in [0.25, 0.3) is 0 Å². The Morgan fingerprint density at radius 2 is 1.81 bits per heavy atom. The van der Waals surface area contributed by atoms with E-state index in [9.17, 15) is 4.79 Å². The van der Waals surface area contributed by atoms with Gasteiger partial charge in [-0.15, -0.1) is 0 Å². The van der Waals surface area contributed by atoms with Gasteiger partial charge < -0.3 is 20.3 Å². The predicted octanol–water partition coefficient (Wildman–Crippen LogP) is 2.92. The number of piperazine rings is 1. The first-order valence-corrected chi connectivity index (χ1v) is 10.2. The van der Waals surface area contributed by atoms with Crippen molar-refractivity contribution < 1.29 is 9.53 Å². The Labute approximate surface area is 163 Å². The molecule has 0 spiro atoms. The van der Waals surface area contributed by atoms with Gasteiger partial charge in [-0.1, -0.05) is 31.4 Å². The number of hydrogen-bond acceptors (Lipinski definition) is 4. The van der Waals surface area contributed by atoms with Crippen molar-refractivity contribution >= 4 is 11.7 Å². The number of methoxy groups -OCH3 is 1. The van der Waals surface area contributed by atoms with Crippen LogP contribution in [0.15, 0.2) is 24.3 Å². The first-order valence-electron chi connectivity index (χ1n) is 10.2. The van der Waals surface area contributed by atoms with Crippen LogP contribution >= 0.6 is 0 Å². The van der Waals surface area contributed by atoms with Crippen molar-refractivity contribution in [2.75, 3.05) is 51.3 Å². The Morgan fingerprint density at radius 3 is 2.44 bits per heavy atom. The number of ether oxygens (including phenoxy) is 1. The molecule has 1 aliphatic carbocycles. The van der Waals surface area contributed by atoms with Crippen molar-refractivity contribution in [2.24, 2.45) is 5.73 Å². The molecule has 1 aromatic carbocycles. The third-order valence-electron chi connectivity index (χ3n) is 6.29. The summed E-state index contributed by atoms with van der Waals surface area (Å²) in [6.45, 7) is 7.72. The summed E-state index contributed by atoms with van der Waals surface area (Å²) in [5.41, 5.74) is 6.84. The molecule has 27 heavy (non-hydrogen) atoms. The maximum atomic E-state index is 12.1. The quantitative estimate of drug-likeness (QED) is 0.832. The summed E-state index contributed by atoms with van der Waals surface area (Å²) in [5.74, 6) is 0.927. The Kier molecular flexibility index (Phi) is 6.47. The molecule has 3 rings (SSSR count). The number of hydrogen-bond donors (Lipinski definition) is 1. The van der Waals surface area contributed by atoms with Gasteiger partial charge in [0.05, 0.1) is 12.8 Å². The lowest BCUT2D eigenvalue weighted by Crippen LogP contribution is -2.56. The van der Waals surface area contributed by atoms with Crippen molar-refractivity contribution in [1.82, 2.24) is 9.80 Å². The molecule has 2 N–H and O–H groups in total. The lowest BCUT2D eigenvalue weighted by atomic mass is 9.82. The Bertz CT molecular complexity index is 622. The van der Waals surface area contributed by atoms with E-state index >= 15 is 0 Å². The van der Waals surface area contributed by atoms with E-state index in [1.54, 1.807) is 7.11 Å². The van der Waals surface area contributed by atoms with Crippen molar-refractivity contribution in [1.29, 1.82) is 0 Å². The van der Waals surface area contributed by atoms with Gasteiger partial charge in [0.25, 0.3) is 0 Å². The second-order valence-corrected chi connectivity index (χ2v) is 8.05. The number of nitrogens with zero attached hydrogens (tertiary/aromatic N) is 3. The van der Waals surface area contributed by atoms with Gasteiger partial charge in [0, 0.05) is 44.8 Å².